The second kappa shape index (κ2) is 8.33. The number of nitrogens with zero attached hydrogens (tertiary/aromatic N) is 4. The number of nitrogens with one attached hydrogen (secondary N) is 1. The number of aromatic nitrogens is 3. The van der Waals surface area contributed by atoms with Crippen LogP contribution < -0.4 is 10.2 Å². The molecule has 0 saturated carbocycles. The summed E-state index contributed by atoms with van der Waals surface area (Å²) >= 11 is 0. The van der Waals surface area contributed by atoms with Crippen LogP contribution in [0.3, 0.4) is 0 Å². The largest absolute Gasteiger partial charge is 0.352 e. The molecule has 0 bridgehead atoms. The van der Waals surface area contributed by atoms with Gasteiger partial charge >= 0.3 is 0 Å². The Morgan fingerprint density at radius 3 is 2.53 bits per heavy atom. The average molecular weight is 393 g/mol. The lowest BCUT2D eigenvalue weighted by Gasteiger charge is -2.30. The van der Waals surface area contributed by atoms with Gasteiger partial charge in [-0.3, -0.25) is 4.98 Å². The zero-order valence-corrected chi connectivity index (χ0v) is 16.7. The normalized spacial score (nSPS) is 13.0. The zero-order chi connectivity index (χ0) is 20.2. The Bertz CT molecular complexity index is 1130. The molecule has 2 aromatic heterocycles. The molecule has 0 spiro atoms. The molecule has 1 aliphatic heterocycles. The van der Waals surface area contributed by atoms with Gasteiger partial charge in [0.15, 0.2) is 0 Å². The van der Waals surface area contributed by atoms with Gasteiger partial charge in [0.25, 0.3) is 0 Å². The smallest absolute Gasteiger partial charge is 0.225 e. The molecule has 5 nitrogen and oxygen atoms in total. The van der Waals surface area contributed by atoms with Crippen molar-refractivity contribution in [2.24, 2.45) is 0 Å². The Hall–Kier alpha value is -3.73. The van der Waals surface area contributed by atoms with Gasteiger partial charge in [-0.1, -0.05) is 60.7 Å². The fourth-order valence-corrected chi connectivity index (χ4v) is 3.81. The molecule has 148 valence electrons. The molecule has 0 aliphatic carbocycles. The van der Waals surface area contributed by atoms with E-state index in [2.05, 4.69) is 57.7 Å². The molecule has 1 aliphatic rings. The van der Waals surface area contributed by atoms with Crippen molar-refractivity contribution >= 4 is 11.8 Å². The van der Waals surface area contributed by atoms with Gasteiger partial charge in [0.2, 0.25) is 5.95 Å². The highest BCUT2D eigenvalue weighted by atomic mass is 15.2. The summed E-state index contributed by atoms with van der Waals surface area (Å²) in [6.07, 6.45) is 4.66. The lowest BCUT2D eigenvalue weighted by atomic mass is 10.00. The third kappa shape index (κ3) is 4.01. The Labute approximate surface area is 176 Å². The molecule has 5 heteroatoms. The summed E-state index contributed by atoms with van der Waals surface area (Å²) in [4.78, 5) is 16.2. The summed E-state index contributed by atoms with van der Waals surface area (Å²) in [7, 11) is 0. The average Bonchev–Trinajstić information content (AvgIpc) is 2.83. The summed E-state index contributed by atoms with van der Waals surface area (Å²) < 4.78 is 0. The van der Waals surface area contributed by atoms with E-state index in [0.29, 0.717) is 12.5 Å². The lowest BCUT2D eigenvalue weighted by Crippen LogP contribution is -2.31. The number of benzene rings is 2. The lowest BCUT2D eigenvalue weighted by molar-refractivity contribution is 0.720. The molecule has 0 radical (unpaired) electrons. The van der Waals surface area contributed by atoms with Gasteiger partial charge in [-0.2, -0.15) is 4.98 Å². The third-order valence-electron chi connectivity index (χ3n) is 5.41. The van der Waals surface area contributed by atoms with Gasteiger partial charge in [0.05, 0.1) is 5.69 Å². The van der Waals surface area contributed by atoms with Crippen LogP contribution in [0.4, 0.5) is 11.8 Å². The maximum Gasteiger partial charge on any atom is 0.225 e. The molecule has 0 unspecified atom stereocenters. The highest BCUT2D eigenvalue weighted by Gasteiger charge is 2.19. The van der Waals surface area contributed by atoms with Crippen LogP contribution >= 0.6 is 0 Å². The second-order valence-electron chi connectivity index (χ2n) is 7.46. The van der Waals surface area contributed by atoms with Gasteiger partial charge < -0.3 is 10.2 Å². The maximum atomic E-state index is 4.85. The number of hydrogen-bond donors (Lipinski definition) is 1. The minimum Gasteiger partial charge on any atom is -0.352 e. The molecule has 0 fully saturated rings. The highest BCUT2D eigenvalue weighted by Crippen LogP contribution is 2.27. The minimum atomic E-state index is 0.633. The molecule has 0 amide bonds. The predicted octanol–water partition coefficient (Wildman–Crippen LogP) is 4.71. The summed E-state index contributed by atoms with van der Waals surface area (Å²) in [5.41, 5.74) is 5.91. The summed E-state index contributed by atoms with van der Waals surface area (Å²) in [6, 6.07) is 25.0. The Kier molecular flexibility index (Phi) is 5.08. The van der Waals surface area contributed by atoms with Crippen molar-refractivity contribution in [1.82, 2.24) is 15.0 Å². The first-order valence-corrected chi connectivity index (χ1v) is 10.2. The van der Waals surface area contributed by atoms with Gasteiger partial charge in [-0.25, -0.2) is 4.98 Å². The molecule has 1 N–H and O–H groups in total. The first kappa shape index (κ1) is 18.3. The number of pyridine rings is 1. The molecule has 30 heavy (non-hydrogen) atoms. The minimum absolute atomic E-state index is 0.633. The maximum absolute atomic E-state index is 4.85. The van der Waals surface area contributed by atoms with E-state index in [9.17, 15) is 0 Å². The van der Waals surface area contributed by atoms with Crippen LogP contribution in [0.2, 0.25) is 0 Å². The molecule has 2 aromatic carbocycles. The summed E-state index contributed by atoms with van der Waals surface area (Å²) in [5.74, 6) is 1.58. The summed E-state index contributed by atoms with van der Waals surface area (Å²) in [5, 5.41) is 3.38. The van der Waals surface area contributed by atoms with Crippen molar-refractivity contribution < 1.29 is 0 Å². The topological polar surface area (TPSA) is 53.9 Å². The Morgan fingerprint density at radius 1 is 0.867 bits per heavy atom. The van der Waals surface area contributed by atoms with Crippen LogP contribution in [0.15, 0.2) is 85.2 Å². The van der Waals surface area contributed by atoms with Gasteiger partial charge in [-0.05, 0) is 29.2 Å². The Balaban J connectivity index is 1.47. The van der Waals surface area contributed by atoms with Crippen molar-refractivity contribution in [3.63, 3.8) is 0 Å². The molecular weight excluding hydrogens is 370 g/mol. The van der Waals surface area contributed by atoms with Crippen LogP contribution in [0, 0.1) is 0 Å². The van der Waals surface area contributed by atoms with Crippen LogP contribution in [-0.4, -0.2) is 21.5 Å². The number of fused-ring (bicyclic) bond motifs is 1. The predicted molar refractivity (Wildman–Crippen MR) is 120 cm³/mol. The molecule has 4 aromatic rings. The van der Waals surface area contributed by atoms with E-state index in [1.165, 1.54) is 11.1 Å². The van der Waals surface area contributed by atoms with Gasteiger partial charge in [0.1, 0.15) is 5.82 Å². The van der Waals surface area contributed by atoms with E-state index >= 15 is 0 Å². The SMILES string of the molecule is c1ccc(-c2cc(N3CCc4ccccc4C3)nc(NCc3cccnc3)n2)cc1. The zero-order valence-electron chi connectivity index (χ0n) is 16.7. The van der Waals surface area contributed by atoms with Crippen molar-refractivity contribution in [3.05, 3.63) is 102 Å². The Morgan fingerprint density at radius 2 is 1.70 bits per heavy atom. The highest BCUT2D eigenvalue weighted by molar-refractivity contribution is 5.65. The third-order valence-corrected chi connectivity index (χ3v) is 5.41. The van der Waals surface area contributed by atoms with E-state index < -0.39 is 0 Å². The van der Waals surface area contributed by atoms with Crippen molar-refractivity contribution in [3.8, 4) is 11.3 Å². The van der Waals surface area contributed by atoms with Crippen LogP contribution in [0.5, 0.6) is 0 Å². The number of hydrogen-bond acceptors (Lipinski definition) is 5. The van der Waals surface area contributed by atoms with Crippen LogP contribution in [0.25, 0.3) is 11.3 Å². The molecule has 0 atom stereocenters. The molecular formula is C25H23N5. The summed E-state index contributed by atoms with van der Waals surface area (Å²) in [6.45, 7) is 2.45. The van der Waals surface area contributed by atoms with E-state index in [1.807, 2.05) is 36.5 Å². The standard InChI is InChI=1S/C25H23N5/c1-2-9-21(10-3-1)23-15-24(30-14-12-20-8-4-5-11-22(20)18-30)29-25(28-23)27-17-19-7-6-13-26-16-19/h1-11,13,15-16H,12,14,17-18H2,(H,27,28,29). The fourth-order valence-electron chi connectivity index (χ4n) is 3.81. The van der Waals surface area contributed by atoms with E-state index in [0.717, 1.165) is 42.1 Å². The second-order valence-corrected chi connectivity index (χ2v) is 7.46. The quantitative estimate of drug-likeness (QED) is 0.532. The monoisotopic (exact) mass is 393 g/mol. The van der Waals surface area contributed by atoms with Crippen molar-refractivity contribution in [1.29, 1.82) is 0 Å². The molecule has 0 saturated heterocycles. The molecule has 3 heterocycles. The van der Waals surface area contributed by atoms with Crippen molar-refractivity contribution in [2.75, 3.05) is 16.8 Å². The van der Waals surface area contributed by atoms with Crippen LogP contribution in [-0.2, 0) is 19.5 Å². The molecule has 5 rings (SSSR count). The van der Waals surface area contributed by atoms with Crippen LogP contribution in [0.1, 0.15) is 16.7 Å². The van der Waals surface area contributed by atoms with Gasteiger partial charge in [-0.15, -0.1) is 0 Å². The van der Waals surface area contributed by atoms with E-state index in [1.54, 1.807) is 6.20 Å². The van der Waals surface area contributed by atoms with E-state index in [4.69, 9.17) is 9.97 Å². The number of rotatable bonds is 5. The number of anilines is 2. The first-order valence-electron chi connectivity index (χ1n) is 10.2. The van der Waals surface area contributed by atoms with Gasteiger partial charge in [0, 0.05) is 43.7 Å². The van der Waals surface area contributed by atoms with Crippen molar-refractivity contribution in [2.45, 2.75) is 19.5 Å². The first-order chi connectivity index (χ1) is 14.8. The van der Waals surface area contributed by atoms with E-state index in [-0.39, 0.29) is 0 Å². The fraction of sp³-hybridized carbons (Fsp3) is 0.160.